The van der Waals surface area contributed by atoms with Crippen molar-refractivity contribution < 1.29 is 14.4 Å². The van der Waals surface area contributed by atoms with Crippen molar-refractivity contribution in [1.29, 1.82) is 0 Å². The average molecular weight is 456 g/mol. The number of carbonyl (C=O) groups excluding carboxylic acids is 3. The molecule has 158 valence electrons. The van der Waals surface area contributed by atoms with Gasteiger partial charge in [0.2, 0.25) is 17.7 Å². The third-order valence-corrected chi connectivity index (χ3v) is 8.11. The number of halogens is 2. The number of anilines is 2. The Balaban J connectivity index is 1.56. The molecule has 0 saturated carbocycles. The Morgan fingerprint density at radius 2 is 1.77 bits per heavy atom. The van der Waals surface area contributed by atoms with Crippen molar-refractivity contribution in [3.8, 4) is 0 Å². The molecule has 2 aromatic rings. The van der Waals surface area contributed by atoms with Crippen LogP contribution >= 0.6 is 23.2 Å². The first-order valence-electron chi connectivity index (χ1n) is 10.4. The number of fused-ring (bicyclic) bond motifs is 7. The molecular weight excluding hydrogens is 437 g/mol. The number of hydrogen-bond acceptors (Lipinski definition) is 4. The summed E-state index contributed by atoms with van der Waals surface area (Å²) >= 11 is 12.3. The first-order valence-corrected chi connectivity index (χ1v) is 11.1. The fourth-order valence-corrected chi connectivity index (χ4v) is 6.52. The highest BCUT2D eigenvalue weighted by atomic mass is 35.5. The number of amides is 3. The van der Waals surface area contributed by atoms with Gasteiger partial charge < -0.3 is 5.32 Å². The Kier molecular flexibility index (Phi) is 3.93. The minimum atomic E-state index is -1.19. The van der Waals surface area contributed by atoms with Crippen LogP contribution in [-0.2, 0) is 19.9 Å². The Morgan fingerprint density at radius 3 is 2.52 bits per heavy atom. The number of rotatable bonds is 1. The fraction of sp³-hybridized carbons (Fsp3) is 0.348. The second kappa shape index (κ2) is 6.31. The van der Waals surface area contributed by atoms with Gasteiger partial charge in [-0.15, -0.1) is 0 Å². The first kappa shape index (κ1) is 19.3. The summed E-state index contributed by atoms with van der Waals surface area (Å²) in [6.07, 6.45) is 1.67. The van der Waals surface area contributed by atoms with Gasteiger partial charge >= 0.3 is 0 Å². The van der Waals surface area contributed by atoms with Crippen LogP contribution in [0.5, 0.6) is 0 Å². The van der Waals surface area contributed by atoms with Gasteiger partial charge in [0.1, 0.15) is 5.54 Å². The van der Waals surface area contributed by atoms with Gasteiger partial charge in [0.25, 0.3) is 0 Å². The molecule has 3 amide bonds. The number of imide groups is 1. The van der Waals surface area contributed by atoms with E-state index in [4.69, 9.17) is 23.2 Å². The number of carbonyl (C=O) groups is 3. The largest absolute Gasteiger partial charge is 0.324 e. The number of benzene rings is 2. The third-order valence-electron chi connectivity index (χ3n) is 7.45. The molecule has 4 unspecified atom stereocenters. The second-order valence-corrected chi connectivity index (χ2v) is 9.55. The summed E-state index contributed by atoms with van der Waals surface area (Å²) in [5.41, 5.74) is 1.48. The second-order valence-electron chi connectivity index (χ2n) is 8.71. The van der Waals surface area contributed by atoms with Gasteiger partial charge in [-0.05, 0) is 62.2 Å². The van der Waals surface area contributed by atoms with Crippen LogP contribution in [0.3, 0.4) is 0 Å². The Labute approximate surface area is 189 Å². The standard InChI is InChI=1S/C23H19Cl2N3O3/c1-11-15(25)9-8-14-19(11)26-22(31)23(14)18-17(16-3-2-10-27(16)23)20(29)28(21(18)30)13-6-4-12(24)5-7-13/h4-9,16-18H,2-3,10H2,1H3,(H,26,31). The molecule has 6 nitrogen and oxygen atoms in total. The summed E-state index contributed by atoms with van der Waals surface area (Å²) in [6, 6.07) is 10.1. The maximum Gasteiger partial charge on any atom is 0.250 e. The molecule has 0 aromatic heterocycles. The van der Waals surface area contributed by atoms with Gasteiger partial charge in [-0.3, -0.25) is 19.3 Å². The molecule has 3 saturated heterocycles. The van der Waals surface area contributed by atoms with E-state index >= 15 is 0 Å². The van der Waals surface area contributed by atoms with Gasteiger partial charge in [0.15, 0.2) is 0 Å². The summed E-state index contributed by atoms with van der Waals surface area (Å²) in [7, 11) is 0. The highest BCUT2D eigenvalue weighted by molar-refractivity contribution is 6.32. The predicted octanol–water partition coefficient (Wildman–Crippen LogP) is 3.73. The number of nitrogens with zero attached hydrogens (tertiary/aromatic N) is 2. The Bertz CT molecular complexity index is 1180. The van der Waals surface area contributed by atoms with Crippen molar-refractivity contribution >= 4 is 52.3 Å². The fourth-order valence-electron chi connectivity index (χ4n) is 6.24. The molecule has 1 N–H and O–H groups in total. The van der Waals surface area contributed by atoms with Gasteiger partial charge in [-0.2, -0.15) is 0 Å². The molecule has 0 radical (unpaired) electrons. The predicted molar refractivity (Wildman–Crippen MR) is 117 cm³/mol. The molecule has 4 aliphatic rings. The third kappa shape index (κ3) is 2.20. The van der Waals surface area contributed by atoms with Crippen LogP contribution in [0.4, 0.5) is 11.4 Å². The first-order chi connectivity index (χ1) is 14.9. The molecule has 2 aromatic carbocycles. The number of hydrogen-bond donors (Lipinski definition) is 1. The lowest BCUT2D eigenvalue weighted by atomic mass is 9.75. The van der Waals surface area contributed by atoms with Crippen molar-refractivity contribution in [2.45, 2.75) is 31.3 Å². The summed E-state index contributed by atoms with van der Waals surface area (Å²) in [5, 5.41) is 4.08. The molecule has 4 aliphatic heterocycles. The maximum absolute atomic E-state index is 13.8. The van der Waals surface area contributed by atoms with Gasteiger partial charge in [0, 0.05) is 21.7 Å². The topological polar surface area (TPSA) is 69.7 Å². The maximum atomic E-state index is 13.8. The van der Waals surface area contributed by atoms with E-state index in [9.17, 15) is 14.4 Å². The van der Waals surface area contributed by atoms with Crippen LogP contribution in [0.1, 0.15) is 24.0 Å². The van der Waals surface area contributed by atoms with E-state index in [2.05, 4.69) is 10.2 Å². The van der Waals surface area contributed by atoms with E-state index in [1.165, 1.54) is 4.90 Å². The molecule has 4 atom stereocenters. The molecule has 3 fully saturated rings. The summed E-state index contributed by atoms with van der Waals surface area (Å²) in [6.45, 7) is 2.53. The van der Waals surface area contributed by atoms with Crippen LogP contribution in [0.15, 0.2) is 36.4 Å². The molecule has 0 aliphatic carbocycles. The lowest BCUT2D eigenvalue weighted by molar-refractivity contribution is -0.135. The van der Waals surface area contributed by atoms with Gasteiger partial charge in [-0.25, -0.2) is 4.90 Å². The zero-order valence-electron chi connectivity index (χ0n) is 16.7. The van der Waals surface area contributed by atoms with E-state index in [0.717, 1.165) is 24.0 Å². The van der Waals surface area contributed by atoms with Gasteiger partial charge in [-0.1, -0.05) is 29.3 Å². The quantitative estimate of drug-likeness (QED) is 0.665. The highest BCUT2D eigenvalue weighted by Gasteiger charge is 2.74. The lowest BCUT2D eigenvalue weighted by Gasteiger charge is -2.36. The zero-order chi connectivity index (χ0) is 21.7. The van der Waals surface area contributed by atoms with Crippen molar-refractivity contribution in [3.05, 3.63) is 57.6 Å². The van der Waals surface area contributed by atoms with E-state index in [1.54, 1.807) is 30.3 Å². The zero-order valence-corrected chi connectivity index (χ0v) is 18.2. The summed E-state index contributed by atoms with van der Waals surface area (Å²) in [5.74, 6) is -2.15. The normalized spacial score (nSPS) is 31.4. The molecule has 0 bridgehead atoms. The van der Waals surface area contributed by atoms with Crippen LogP contribution in [0.25, 0.3) is 0 Å². The molecule has 6 rings (SSSR count). The lowest BCUT2D eigenvalue weighted by Crippen LogP contribution is -2.54. The molecule has 1 spiro atoms. The Hall–Kier alpha value is -2.41. The minimum Gasteiger partial charge on any atom is -0.324 e. The monoisotopic (exact) mass is 455 g/mol. The SMILES string of the molecule is Cc1c(Cl)ccc2c1NC(=O)C21C2C(=O)N(c3ccc(Cl)cc3)C(=O)C2C2CCCN21. The summed E-state index contributed by atoms with van der Waals surface area (Å²) in [4.78, 5) is 44.4. The van der Waals surface area contributed by atoms with Crippen LogP contribution < -0.4 is 10.2 Å². The van der Waals surface area contributed by atoms with Crippen molar-refractivity contribution in [2.24, 2.45) is 11.8 Å². The van der Waals surface area contributed by atoms with Crippen LogP contribution in [-0.4, -0.2) is 35.2 Å². The molecule has 31 heavy (non-hydrogen) atoms. The molecule has 8 heteroatoms. The van der Waals surface area contributed by atoms with E-state index in [-0.39, 0.29) is 23.8 Å². The van der Waals surface area contributed by atoms with Crippen LogP contribution in [0, 0.1) is 18.8 Å². The molecule has 4 heterocycles. The van der Waals surface area contributed by atoms with Crippen molar-refractivity contribution in [3.63, 3.8) is 0 Å². The van der Waals surface area contributed by atoms with E-state index < -0.39 is 17.4 Å². The molecular formula is C23H19Cl2N3O3. The minimum absolute atomic E-state index is 0.147. The van der Waals surface area contributed by atoms with Crippen LogP contribution in [0.2, 0.25) is 10.0 Å². The summed E-state index contributed by atoms with van der Waals surface area (Å²) < 4.78 is 0. The smallest absolute Gasteiger partial charge is 0.250 e. The van der Waals surface area contributed by atoms with Crippen molar-refractivity contribution in [1.82, 2.24) is 4.90 Å². The Morgan fingerprint density at radius 1 is 1.03 bits per heavy atom. The van der Waals surface area contributed by atoms with Gasteiger partial charge in [0.05, 0.1) is 23.2 Å². The average Bonchev–Trinajstić information content (AvgIpc) is 3.45. The number of nitrogens with one attached hydrogen (secondary N) is 1. The van der Waals surface area contributed by atoms with E-state index in [1.807, 2.05) is 13.0 Å². The highest BCUT2D eigenvalue weighted by Crippen LogP contribution is 2.61. The van der Waals surface area contributed by atoms with E-state index in [0.29, 0.717) is 28.0 Å². The van der Waals surface area contributed by atoms with Crippen molar-refractivity contribution in [2.75, 3.05) is 16.8 Å².